The Morgan fingerprint density at radius 1 is 1.50 bits per heavy atom. The van der Waals surface area contributed by atoms with Crippen LogP contribution in [0, 0.1) is 11.3 Å². The summed E-state index contributed by atoms with van der Waals surface area (Å²) in [5.74, 6) is 0. The van der Waals surface area contributed by atoms with Gasteiger partial charge in [-0.25, -0.2) is 9.37 Å². The smallest absolute Gasteiger partial charge is 0.114 e. The summed E-state index contributed by atoms with van der Waals surface area (Å²) in [7, 11) is 0. The number of nitriles is 1. The van der Waals surface area contributed by atoms with E-state index in [0.717, 1.165) is 29.5 Å². The van der Waals surface area contributed by atoms with Crippen molar-refractivity contribution < 1.29 is 4.39 Å². The summed E-state index contributed by atoms with van der Waals surface area (Å²) in [6, 6.07) is 4.24. The number of likely N-dealkylation sites (tertiary alicyclic amines) is 1. The van der Waals surface area contributed by atoms with Gasteiger partial charge < -0.3 is 5.32 Å². The number of thiazole rings is 1. The molecule has 3 heterocycles. The molecule has 116 valence electrons. The Labute approximate surface area is 137 Å². The van der Waals surface area contributed by atoms with Gasteiger partial charge in [-0.3, -0.25) is 4.90 Å². The van der Waals surface area contributed by atoms with Crippen molar-refractivity contribution in [1.29, 1.82) is 5.26 Å². The van der Waals surface area contributed by atoms with Crippen LogP contribution in [-0.4, -0.2) is 35.2 Å². The number of alkyl halides is 1. The molecule has 0 unspecified atom stereocenters. The van der Waals surface area contributed by atoms with Crippen LogP contribution in [0.4, 0.5) is 4.39 Å². The summed E-state index contributed by atoms with van der Waals surface area (Å²) >= 11 is 3.20. The molecule has 1 aliphatic rings. The molecular formula is C15H17FN4S2. The fraction of sp³-hybridized carbons (Fsp3) is 0.467. The van der Waals surface area contributed by atoms with Gasteiger partial charge in [-0.15, -0.1) is 22.7 Å². The first-order valence-corrected chi connectivity index (χ1v) is 8.95. The SMILES string of the molecule is N#Cc1csc(CNC[C@@H]2C[C@H](F)CN2Cc2nccs2)c1. The zero-order chi connectivity index (χ0) is 15.4. The van der Waals surface area contributed by atoms with Crippen LogP contribution in [0.15, 0.2) is 23.0 Å². The van der Waals surface area contributed by atoms with Crippen molar-refractivity contribution in [2.75, 3.05) is 13.1 Å². The van der Waals surface area contributed by atoms with Gasteiger partial charge >= 0.3 is 0 Å². The Bertz CT molecular complexity index is 634. The van der Waals surface area contributed by atoms with Gasteiger partial charge in [-0.2, -0.15) is 5.26 Å². The predicted molar refractivity (Wildman–Crippen MR) is 86.6 cm³/mol. The lowest BCUT2D eigenvalue weighted by Gasteiger charge is -2.23. The molecule has 22 heavy (non-hydrogen) atoms. The van der Waals surface area contributed by atoms with Crippen LogP contribution >= 0.6 is 22.7 Å². The van der Waals surface area contributed by atoms with E-state index in [4.69, 9.17) is 5.26 Å². The molecule has 0 saturated carbocycles. The topological polar surface area (TPSA) is 52.0 Å². The van der Waals surface area contributed by atoms with Crippen molar-refractivity contribution in [1.82, 2.24) is 15.2 Å². The lowest BCUT2D eigenvalue weighted by molar-refractivity contribution is 0.230. The van der Waals surface area contributed by atoms with E-state index in [1.807, 2.05) is 16.8 Å². The Morgan fingerprint density at radius 3 is 3.14 bits per heavy atom. The lowest BCUT2D eigenvalue weighted by Crippen LogP contribution is -2.37. The number of thiophene rings is 1. The maximum atomic E-state index is 13.7. The van der Waals surface area contributed by atoms with E-state index < -0.39 is 6.17 Å². The molecule has 4 nitrogen and oxygen atoms in total. The van der Waals surface area contributed by atoms with Crippen LogP contribution in [0.3, 0.4) is 0 Å². The number of nitrogens with zero attached hydrogens (tertiary/aromatic N) is 3. The minimum atomic E-state index is -0.751. The summed E-state index contributed by atoms with van der Waals surface area (Å²) in [6.07, 6.45) is 1.62. The third-order valence-electron chi connectivity index (χ3n) is 3.76. The minimum Gasteiger partial charge on any atom is -0.310 e. The maximum absolute atomic E-state index is 13.7. The monoisotopic (exact) mass is 336 g/mol. The first kappa shape index (κ1) is 15.6. The highest BCUT2D eigenvalue weighted by atomic mass is 32.1. The highest BCUT2D eigenvalue weighted by molar-refractivity contribution is 7.10. The second-order valence-corrected chi connectivity index (χ2v) is 7.36. The number of hydrogen-bond donors (Lipinski definition) is 1. The molecule has 3 rings (SSSR count). The van der Waals surface area contributed by atoms with Gasteiger partial charge in [0.1, 0.15) is 17.2 Å². The van der Waals surface area contributed by atoms with Crippen molar-refractivity contribution in [2.45, 2.75) is 31.7 Å². The Balaban J connectivity index is 1.50. The third kappa shape index (κ3) is 3.90. The number of nitrogens with one attached hydrogen (secondary N) is 1. The molecule has 2 atom stereocenters. The normalized spacial score (nSPS) is 22.0. The number of rotatable bonds is 6. The predicted octanol–water partition coefficient (Wildman–Crippen LogP) is 2.78. The summed E-state index contributed by atoms with van der Waals surface area (Å²) in [5, 5.41) is 17.1. The highest BCUT2D eigenvalue weighted by Crippen LogP contribution is 2.23. The molecule has 1 fully saturated rings. The molecule has 2 aromatic heterocycles. The van der Waals surface area contributed by atoms with E-state index >= 15 is 0 Å². The van der Waals surface area contributed by atoms with Gasteiger partial charge in [0, 0.05) is 47.5 Å². The molecule has 0 spiro atoms. The fourth-order valence-electron chi connectivity index (χ4n) is 2.73. The van der Waals surface area contributed by atoms with E-state index in [1.165, 1.54) is 0 Å². The van der Waals surface area contributed by atoms with E-state index in [-0.39, 0.29) is 6.04 Å². The van der Waals surface area contributed by atoms with Crippen molar-refractivity contribution >= 4 is 22.7 Å². The average molecular weight is 336 g/mol. The van der Waals surface area contributed by atoms with Crippen molar-refractivity contribution in [3.05, 3.63) is 38.5 Å². The van der Waals surface area contributed by atoms with E-state index in [9.17, 15) is 4.39 Å². The van der Waals surface area contributed by atoms with E-state index in [2.05, 4.69) is 21.3 Å². The van der Waals surface area contributed by atoms with Crippen LogP contribution in [0.2, 0.25) is 0 Å². The standard InChI is InChI=1S/C15H17FN4S2/c16-12-4-13(20(8-12)9-15-19-1-2-21-15)6-18-7-14-3-11(5-17)10-22-14/h1-3,10,12-13,18H,4,6-9H2/t12-,13-/m0/s1. The number of aromatic nitrogens is 1. The van der Waals surface area contributed by atoms with Gasteiger partial charge in [0.15, 0.2) is 0 Å². The molecule has 1 aliphatic heterocycles. The molecular weight excluding hydrogens is 319 g/mol. The first-order chi connectivity index (χ1) is 10.7. The molecule has 0 aliphatic carbocycles. The molecule has 7 heteroatoms. The summed E-state index contributed by atoms with van der Waals surface area (Å²) < 4.78 is 13.7. The minimum absolute atomic E-state index is 0.203. The molecule has 1 N–H and O–H groups in total. The maximum Gasteiger partial charge on any atom is 0.114 e. The molecule has 0 amide bonds. The number of halogens is 1. The van der Waals surface area contributed by atoms with E-state index in [1.54, 1.807) is 28.9 Å². The highest BCUT2D eigenvalue weighted by Gasteiger charge is 2.32. The van der Waals surface area contributed by atoms with Crippen molar-refractivity contribution in [3.8, 4) is 6.07 Å². The van der Waals surface area contributed by atoms with Crippen LogP contribution in [0.25, 0.3) is 0 Å². The van der Waals surface area contributed by atoms with Crippen LogP contribution in [0.5, 0.6) is 0 Å². The summed E-state index contributed by atoms with van der Waals surface area (Å²) in [5.41, 5.74) is 0.705. The zero-order valence-corrected chi connectivity index (χ0v) is 13.7. The quantitative estimate of drug-likeness (QED) is 0.881. The lowest BCUT2D eigenvalue weighted by atomic mass is 10.2. The molecule has 1 saturated heterocycles. The Kier molecular flexibility index (Phi) is 5.16. The van der Waals surface area contributed by atoms with Gasteiger partial charge in [-0.1, -0.05) is 0 Å². The third-order valence-corrected chi connectivity index (χ3v) is 5.46. The molecule has 0 aromatic carbocycles. The van der Waals surface area contributed by atoms with Crippen molar-refractivity contribution in [3.63, 3.8) is 0 Å². The summed E-state index contributed by atoms with van der Waals surface area (Å²) in [4.78, 5) is 7.59. The van der Waals surface area contributed by atoms with Gasteiger partial charge in [-0.05, 0) is 12.5 Å². The largest absolute Gasteiger partial charge is 0.310 e. The Morgan fingerprint density at radius 2 is 2.41 bits per heavy atom. The number of hydrogen-bond acceptors (Lipinski definition) is 6. The first-order valence-electron chi connectivity index (χ1n) is 7.19. The van der Waals surface area contributed by atoms with Crippen LogP contribution in [-0.2, 0) is 13.1 Å². The molecule has 0 radical (unpaired) electrons. The molecule has 2 aromatic rings. The second kappa shape index (κ2) is 7.29. The van der Waals surface area contributed by atoms with Gasteiger partial charge in [0.05, 0.1) is 12.1 Å². The fourth-order valence-corrected chi connectivity index (χ4v) is 4.15. The van der Waals surface area contributed by atoms with Crippen molar-refractivity contribution in [2.24, 2.45) is 0 Å². The van der Waals surface area contributed by atoms with Gasteiger partial charge in [0.25, 0.3) is 0 Å². The second-order valence-electron chi connectivity index (χ2n) is 5.39. The summed E-state index contributed by atoms with van der Waals surface area (Å²) in [6.45, 7) is 2.70. The Hall–Kier alpha value is -1.33. The van der Waals surface area contributed by atoms with Gasteiger partial charge in [0.2, 0.25) is 0 Å². The van der Waals surface area contributed by atoms with Crippen LogP contribution < -0.4 is 5.32 Å². The molecule has 0 bridgehead atoms. The zero-order valence-electron chi connectivity index (χ0n) is 12.0. The van der Waals surface area contributed by atoms with E-state index in [0.29, 0.717) is 18.5 Å². The van der Waals surface area contributed by atoms with Crippen LogP contribution in [0.1, 0.15) is 21.9 Å². The average Bonchev–Trinajstić information content (AvgIpc) is 3.22.